The fraction of sp³-hybridized carbons (Fsp3) is 0.162. The van der Waals surface area contributed by atoms with Crippen LogP contribution in [0.1, 0.15) is 22.3 Å². The van der Waals surface area contributed by atoms with Crippen molar-refractivity contribution in [2.75, 3.05) is 20.8 Å². The van der Waals surface area contributed by atoms with E-state index < -0.39 is 0 Å². The summed E-state index contributed by atoms with van der Waals surface area (Å²) in [6.45, 7) is 3.01. The van der Waals surface area contributed by atoms with Gasteiger partial charge in [0.15, 0.2) is 11.5 Å². The van der Waals surface area contributed by atoms with E-state index in [0.717, 1.165) is 39.4 Å². The van der Waals surface area contributed by atoms with Crippen molar-refractivity contribution in [2.24, 2.45) is 0 Å². The number of nitrogens with zero attached hydrogens (tertiary/aromatic N) is 3. The van der Waals surface area contributed by atoms with Gasteiger partial charge in [-0.05, 0) is 79.1 Å². The molecule has 7 nitrogen and oxygen atoms in total. The van der Waals surface area contributed by atoms with Crippen LogP contribution in [0.2, 0.25) is 0 Å². The minimum Gasteiger partial charge on any atom is -0.493 e. The predicted molar refractivity (Wildman–Crippen MR) is 188 cm³/mol. The highest BCUT2D eigenvalue weighted by atomic mass is 32.2. The Balaban J connectivity index is 1.23. The fourth-order valence-corrected chi connectivity index (χ4v) is 6.40. The fourth-order valence-electron chi connectivity index (χ4n) is 5.10. The number of thioether (sulfide) groups is 1. The summed E-state index contributed by atoms with van der Waals surface area (Å²) in [5.74, 6) is 1.97. The molecule has 1 saturated heterocycles. The van der Waals surface area contributed by atoms with Crippen LogP contribution < -0.4 is 14.2 Å². The molecule has 5 aromatic rings. The number of carbonyl (C=O) groups excluding carboxylic acids is 1. The van der Waals surface area contributed by atoms with Crippen molar-refractivity contribution in [1.29, 1.82) is 0 Å². The van der Waals surface area contributed by atoms with Crippen molar-refractivity contribution in [3.63, 3.8) is 0 Å². The van der Waals surface area contributed by atoms with Gasteiger partial charge in [0, 0.05) is 23.9 Å². The molecular formula is C37H33N3O4S2. The largest absolute Gasteiger partial charge is 0.493 e. The van der Waals surface area contributed by atoms with Crippen LogP contribution >= 0.6 is 24.0 Å². The van der Waals surface area contributed by atoms with Crippen molar-refractivity contribution in [3.05, 3.63) is 130 Å². The maximum Gasteiger partial charge on any atom is 0.266 e. The van der Waals surface area contributed by atoms with E-state index in [1.165, 1.54) is 17.3 Å². The number of rotatable bonds is 11. The number of benzene rings is 4. The second kappa shape index (κ2) is 14.1. The Morgan fingerprint density at radius 1 is 0.870 bits per heavy atom. The van der Waals surface area contributed by atoms with Crippen LogP contribution in [0.15, 0.2) is 108 Å². The smallest absolute Gasteiger partial charge is 0.266 e. The first-order valence-corrected chi connectivity index (χ1v) is 16.0. The Morgan fingerprint density at radius 3 is 2.30 bits per heavy atom. The maximum absolute atomic E-state index is 13.6. The third kappa shape index (κ3) is 7.01. The first kappa shape index (κ1) is 31.1. The summed E-state index contributed by atoms with van der Waals surface area (Å²) in [5.41, 5.74) is 6.75. The number of hydrogen-bond donors (Lipinski definition) is 0. The standard InChI is InChI=1S/C37H33N3O4S2/c1-25-9-11-27(12-10-25)24-44-31-16-14-28(15-17-31)35-29(23-40(38-35)30-7-5-4-6-8-30)22-34-36(41)39(37(45)46-34)20-19-26-13-18-32(42-2)33(21-26)43-3/h4-18,21-23H,19-20,24H2,1-3H3. The Bertz CT molecular complexity index is 1880. The summed E-state index contributed by atoms with van der Waals surface area (Å²) in [7, 11) is 3.22. The molecule has 1 aromatic heterocycles. The Hall–Kier alpha value is -4.86. The van der Waals surface area contributed by atoms with E-state index >= 15 is 0 Å². The summed E-state index contributed by atoms with van der Waals surface area (Å²) < 4.78 is 19.2. The number of methoxy groups -OCH3 is 2. The first-order valence-electron chi connectivity index (χ1n) is 14.8. The van der Waals surface area contributed by atoms with Crippen LogP contribution in [0.4, 0.5) is 0 Å². The normalized spacial score (nSPS) is 13.8. The third-order valence-corrected chi connectivity index (χ3v) is 9.03. The monoisotopic (exact) mass is 647 g/mol. The van der Waals surface area contributed by atoms with Crippen LogP contribution in [-0.4, -0.2) is 45.7 Å². The highest BCUT2D eigenvalue weighted by Crippen LogP contribution is 2.36. The molecule has 0 radical (unpaired) electrons. The summed E-state index contributed by atoms with van der Waals surface area (Å²) in [6, 6.07) is 31.9. The number of amides is 1. The van der Waals surface area contributed by atoms with Gasteiger partial charge in [-0.1, -0.05) is 78.1 Å². The van der Waals surface area contributed by atoms with Gasteiger partial charge in [-0.3, -0.25) is 9.69 Å². The highest BCUT2D eigenvalue weighted by Gasteiger charge is 2.32. The zero-order chi connectivity index (χ0) is 32.0. The zero-order valence-corrected chi connectivity index (χ0v) is 27.4. The molecule has 4 aromatic carbocycles. The van der Waals surface area contributed by atoms with E-state index in [1.807, 2.05) is 89.8 Å². The highest BCUT2D eigenvalue weighted by molar-refractivity contribution is 8.26. The Labute approximate surface area is 278 Å². The van der Waals surface area contributed by atoms with E-state index in [2.05, 4.69) is 31.2 Å². The molecule has 1 aliphatic heterocycles. The maximum atomic E-state index is 13.6. The second-order valence-electron chi connectivity index (χ2n) is 10.8. The number of para-hydroxylation sites is 1. The second-order valence-corrected chi connectivity index (χ2v) is 12.5. The molecule has 46 heavy (non-hydrogen) atoms. The van der Waals surface area contributed by atoms with E-state index in [4.69, 9.17) is 31.5 Å². The molecule has 6 rings (SSSR count). The molecule has 0 N–H and O–H groups in total. The van der Waals surface area contributed by atoms with Crippen LogP contribution in [0.25, 0.3) is 23.0 Å². The van der Waals surface area contributed by atoms with Gasteiger partial charge >= 0.3 is 0 Å². The molecule has 9 heteroatoms. The van der Waals surface area contributed by atoms with Crippen LogP contribution in [0, 0.1) is 6.92 Å². The molecule has 0 saturated carbocycles. The molecule has 0 bridgehead atoms. The Kier molecular flexibility index (Phi) is 9.51. The molecule has 0 aliphatic carbocycles. The molecule has 1 aliphatic rings. The van der Waals surface area contributed by atoms with Gasteiger partial charge in [0.2, 0.25) is 0 Å². The SMILES string of the molecule is COc1ccc(CCN2C(=O)C(=Cc3cn(-c4ccccc4)nc3-c3ccc(OCc4ccc(C)cc4)cc3)SC2=S)cc1OC. The van der Waals surface area contributed by atoms with Crippen molar-refractivity contribution < 1.29 is 19.0 Å². The van der Waals surface area contributed by atoms with E-state index in [1.54, 1.807) is 19.1 Å². The number of carbonyl (C=O) groups is 1. The molecule has 0 atom stereocenters. The lowest BCUT2D eigenvalue weighted by atomic mass is 10.1. The van der Waals surface area contributed by atoms with Crippen LogP contribution in [-0.2, 0) is 17.8 Å². The van der Waals surface area contributed by atoms with E-state index in [-0.39, 0.29) is 5.91 Å². The van der Waals surface area contributed by atoms with Gasteiger partial charge in [0.05, 0.1) is 30.5 Å². The lowest BCUT2D eigenvalue weighted by molar-refractivity contribution is -0.122. The Morgan fingerprint density at radius 2 is 1.59 bits per heavy atom. The van der Waals surface area contributed by atoms with Gasteiger partial charge in [-0.2, -0.15) is 5.10 Å². The molecular weight excluding hydrogens is 615 g/mol. The van der Waals surface area contributed by atoms with Crippen molar-refractivity contribution in [1.82, 2.24) is 14.7 Å². The summed E-state index contributed by atoms with van der Waals surface area (Å²) in [5, 5.41) is 4.94. The number of aromatic nitrogens is 2. The molecule has 1 fully saturated rings. The number of ether oxygens (including phenoxy) is 3. The van der Waals surface area contributed by atoms with Crippen molar-refractivity contribution in [3.8, 4) is 34.2 Å². The molecule has 2 heterocycles. The molecule has 0 unspecified atom stereocenters. The van der Waals surface area contributed by atoms with Crippen molar-refractivity contribution >= 4 is 40.3 Å². The summed E-state index contributed by atoms with van der Waals surface area (Å²) in [6.07, 6.45) is 4.46. The quantitative estimate of drug-likeness (QED) is 0.107. The topological polar surface area (TPSA) is 65.8 Å². The van der Waals surface area contributed by atoms with Crippen molar-refractivity contribution in [2.45, 2.75) is 20.0 Å². The van der Waals surface area contributed by atoms with Crippen LogP contribution in [0.5, 0.6) is 17.2 Å². The minimum atomic E-state index is -0.117. The minimum absolute atomic E-state index is 0.117. The average molecular weight is 648 g/mol. The summed E-state index contributed by atoms with van der Waals surface area (Å²) >= 11 is 6.96. The van der Waals surface area contributed by atoms with Gasteiger partial charge in [0.1, 0.15) is 16.7 Å². The van der Waals surface area contributed by atoms with Crippen LogP contribution in [0.3, 0.4) is 0 Å². The lowest BCUT2D eigenvalue weighted by Gasteiger charge is -2.15. The summed E-state index contributed by atoms with van der Waals surface area (Å²) in [4.78, 5) is 15.8. The van der Waals surface area contributed by atoms with Gasteiger partial charge in [-0.15, -0.1) is 0 Å². The average Bonchev–Trinajstić information content (AvgIpc) is 3.63. The number of aryl methyl sites for hydroxylation is 1. The van der Waals surface area contributed by atoms with Gasteiger partial charge in [-0.25, -0.2) is 4.68 Å². The predicted octanol–water partition coefficient (Wildman–Crippen LogP) is 7.89. The number of hydrogen-bond acceptors (Lipinski definition) is 7. The molecule has 232 valence electrons. The van der Waals surface area contributed by atoms with E-state index in [0.29, 0.717) is 40.3 Å². The molecule has 0 spiro atoms. The first-order chi connectivity index (χ1) is 22.4. The third-order valence-electron chi connectivity index (χ3n) is 7.65. The molecule has 1 amide bonds. The lowest BCUT2D eigenvalue weighted by Crippen LogP contribution is -2.30. The zero-order valence-electron chi connectivity index (χ0n) is 25.8. The number of thiocarbonyl (C=S) groups is 1. The van der Waals surface area contributed by atoms with Gasteiger partial charge in [0.25, 0.3) is 5.91 Å². The van der Waals surface area contributed by atoms with E-state index in [9.17, 15) is 4.79 Å². The van der Waals surface area contributed by atoms with Gasteiger partial charge < -0.3 is 14.2 Å².